The second-order valence-corrected chi connectivity index (χ2v) is 14.6. The van der Waals surface area contributed by atoms with Crippen molar-refractivity contribution in [2.75, 3.05) is 13.7 Å². The Morgan fingerprint density at radius 3 is 2.50 bits per heavy atom. The molecule has 7 heteroatoms. The van der Waals surface area contributed by atoms with Crippen LogP contribution in [0.3, 0.4) is 0 Å². The number of fused-ring (bicyclic) bond motifs is 5. The van der Waals surface area contributed by atoms with Gasteiger partial charge in [-0.15, -0.1) is 0 Å². The molecule has 4 aliphatic carbocycles. The van der Waals surface area contributed by atoms with Crippen LogP contribution in [0.15, 0.2) is 23.3 Å². The number of methoxy groups -OCH3 is 1. The van der Waals surface area contributed by atoms with Crippen molar-refractivity contribution in [2.45, 2.75) is 129 Å². The second kappa shape index (κ2) is 11.7. The maximum Gasteiger partial charge on any atom is 0.186 e. The minimum absolute atomic E-state index is 0.0102. The predicted molar refractivity (Wildman–Crippen MR) is 153 cm³/mol. The van der Waals surface area contributed by atoms with Crippen LogP contribution in [0.4, 0.5) is 0 Å². The highest BCUT2D eigenvalue weighted by molar-refractivity contribution is 5.47. The standard InChI is InChI=1S/C33H54O7/c1-18(2)25(34)10-7-19(3)24-16-26(35)28-22-9-8-20-15-21(40-31-30(38-6)29(37)27(36)17-39-31)11-13-32(20,4)23(22)12-14-33(24,28)5/h9,12,18-21,24-31,34-37H,7-8,10-11,13-17H2,1-6H3/t19-,20?,21+,24-,25+,26-,27-,28-,29+,30-,31+,32+,33-/m1/s1. The van der Waals surface area contributed by atoms with Crippen molar-refractivity contribution < 1.29 is 34.6 Å². The zero-order chi connectivity index (χ0) is 29.0. The van der Waals surface area contributed by atoms with Crippen LogP contribution in [-0.2, 0) is 14.2 Å². The van der Waals surface area contributed by atoms with Gasteiger partial charge in [0.1, 0.15) is 18.3 Å². The van der Waals surface area contributed by atoms with E-state index in [1.54, 1.807) is 0 Å². The van der Waals surface area contributed by atoms with E-state index in [1.165, 1.54) is 18.3 Å². The highest BCUT2D eigenvalue weighted by Crippen LogP contribution is 2.65. The molecule has 0 aromatic heterocycles. The SMILES string of the molecule is CO[C@H]1[C@H](O[C@H]2CC[C@]3(C)C4=CC[C@]5(C)[C@@H]([C@H](C)CC[C@H](O)C(C)C)C[C@@H](O)[C@H]5C4=CCC3C2)OC[C@@H](O)[C@@H]1O. The minimum atomic E-state index is -1.02. The summed E-state index contributed by atoms with van der Waals surface area (Å²) in [5, 5.41) is 42.2. The van der Waals surface area contributed by atoms with Crippen LogP contribution in [0, 0.1) is 40.4 Å². The molecule has 1 heterocycles. The Labute approximate surface area is 241 Å². The van der Waals surface area contributed by atoms with Crippen LogP contribution in [-0.4, -0.2) is 77.1 Å². The Hall–Kier alpha value is -0.800. The number of hydrogen-bond donors (Lipinski definition) is 4. The van der Waals surface area contributed by atoms with Crippen LogP contribution >= 0.6 is 0 Å². The third-order valence-corrected chi connectivity index (χ3v) is 11.9. The summed E-state index contributed by atoms with van der Waals surface area (Å²) in [4.78, 5) is 0. The van der Waals surface area contributed by atoms with Crippen molar-refractivity contribution in [1.82, 2.24) is 0 Å². The van der Waals surface area contributed by atoms with Crippen LogP contribution in [0.2, 0.25) is 0 Å². The first kappa shape index (κ1) is 30.7. The molecule has 0 aromatic rings. The van der Waals surface area contributed by atoms with Gasteiger partial charge in [0.15, 0.2) is 6.29 Å². The highest BCUT2D eigenvalue weighted by Gasteiger charge is 2.58. The second-order valence-electron chi connectivity index (χ2n) is 14.6. The summed E-state index contributed by atoms with van der Waals surface area (Å²) < 4.78 is 17.5. The molecular formula is C33H54O7. The molecule has 2 saturated carbocycles. The van der Waals surface area contributed by atoms with Gasteiger partial charge in [0.2, 0.25) is 0 Å². The first-order chi connectivity index (χ1) is 18.9. The summed E-state index contributed by atoms with van der Waals surface area (Å²) in [7, 11) is 1.51. The fourth-order valence-corrected chi connectivity index (χ4v) is 9.22. The lowest BCUT2D eigenvalue weighted by atomic mass is 9.51. The summed E-state index contributed by atoms with van der Waals surface area (Å²) in [5.74, 6) is 1.80. The van der Waals surface area contributed by atoms with Gasteiger partial charge in [0.25, 0.3) is 0 Å². The van der Waals surface area contributed by atoms with Gasteiger partial charge in [0.05, 0.1) is 24.9 Å². The van der Waals surface area contributed by atoms with E-state index in [-0.39, 0.29) is 47.6 Å². The average Bonchev–Trinajstić information content (AvgIpc) is 3.20. The molecule has 4 N–H and O–H groups in total. The summed E-state index contributed by atoms with van der Waals surface area (Å²) >= 11 is 0. The van der Waals surface area contributed by atoms with Gasteiger partial charge in [-0.05, 0) is 97.0 Å². The Morgan fingerprint density at radius 1 is 1.05 bits per heavy atom. The molecule has 0 radical (unpaired) electrons. The Kier molecular flexibility index (Phi) is 8.97. The van der Waals surface area contributed by atoms with Gasteiger partial charge in [-0.1, -0.05) is 46.8 Å². The molecule has 1 saturated heterocycles. The third kappa shape index (κ3) is 5.27. The zero-order valence-electron chi connectivity index (χ0n) is 25.5. The largest absolute Gasteiger partial charge is 0.393 e. The van der Waals surface area contributed by atoms with Crippen LogP contribution in [0.5, 0.6) is 0 Å². The van der Waals surface area contributed by atoms with E-state index in [2.05, 4.69) is 46.8 Å². The normalized spacial score (nSPS) is 46.6. The molecule has 40 heavy (non-hydrogen) atoms. The maximum atomic E-state index is 11.5. The lowest BCUT2D eigenvalue weighted by Gasteiger charge is -2.54. The van der Waals surface area contributed by atoms with Crippen molar-refractivity contribution in [3.63, 3.8) is 0 Å². The number of aliphatic hydroxyl groups excluding tert-OH is 4. The molecule has 1 unspecified atom stereocenters. The predicted octanol–water partition coefficient (Wildman–Crippen LogP) is 4.37. The fourth-order valence-electron chi connectivity index (χ4n) is 9.22. The van der Waals surface area contributed by atoms with Gasteiger partial charge >= 0.3 is 0 Å². The lowest BCUT2D eigenvalue weighted by molar-refractivity contribution is -0.292. The molecule has 5 rings (SSSR count). The van der Waals surface area contributed by atoms with Gasteiger partial charge in [-0.3, -0.25) is 0 Å². The number of rotatable bonds is 8. The van der Waals surface area contributed by atoms with E-state index in [9.17, 15) is 20.4 Å². The van der Waals surface area contributed by atoms with Crippen LogP contribution in [0.25, 0.3) is 0 Å². The quantitative estimate of drug-likeness (QED) is 0.348. The first-order valence-electron chi connectivity index (χ1n) is 15.8. The van der Waals surface area contributed by atoms with Crippen molar-refractivity contribution in [1.29, 1.82) is 0 Å². The molecular weight excluding hydrogens is 508 g/mol. The molecule has 1 aliphatic heterocycles. The van der Waals surface area contributed by atoms with Crippen molar-refractivity contribution in [3.8, 4) is 0 Å². The van der Waals surface area contributed by atoms with E-state index in [4.69, 9.17) is 14.2 Å². The van der Waals surface area contributed by atoms with E-state index >= 15 is 0 Å². The molecule has 0 amide bonds. The Morgan fingerprint density at radius 2 is 1.80 bits per heavy atom. The summed E-state index contributed by atoms with van der Waals surface area (Å²) in [6.07, 6.45) is 8.46. The van der Waals surface area contributed by atoms with E-state index < -0.39 is 24.6 Å². The molecule has 3 fully saturated rings. The Balaban J connectivity index is 1.29. The molecule has 13 atom stereocenters. The number of hydrogen-bond acceptors (Lipinski definition) is 7. The zero-order valence-corrected chi connectivity index (χ0v) is 25.5. The van der Waals surface area contributed by atoms with Gasteiger partial charge in [0, 0.05) is 13.0 Å². The molecule has 5 aliphatic rings. The summed E-state index contributed by atoms with van der Waals surface area (Å²) in [5.41, 5.74) is 2.94. The van der Waals surface area contributed by atoms with Crippen molar-refractivity contribution in [3.05, 3.63) is 23.3 Å². The molecule has 0 bridgehead atoms. The monoisotopic (exact) mass is 562 g/mol. The molecule has 0 aromatic carbocycles. The van der Waals surface area contributed by atoms with Gasteiger partial charge in [-0.25, -0.2) is 0 Å². The van der Waals surface area contributed by atoms with Gasteiger partial charge in [-0.2, -0.15) is 0 Å². The van der Waals surface area contributed by atoms with Crippen molar-refractivity contribution >= 4 is 0 Å². The Bertz CT molecular complexity index is 962. The average molecular weight is 563 g/mol. The number of aliphatic hydroxyl groups is 4. The molecule has 228 valence electrons. The number of allylic oxidation sites excluding steroid dienone is 3. The van der Waals surface area contributed by atoms with E-state index in [0.717, 1.165) is 51.4 Å². The number of ether oxygens (including phenoxy) is 3. The third-order valence-electron chi connectivity index (χ3n) is 11.9. The minimum Gasteiger partial charge on any atom is -0.393 e. The van der Waals surface area contributed by atoms with Gasteiger partial charge < -0.3 is 34.6 Å². The van der Waals surface area contributed by atoms with E-state index in [0.29, 0.717) is 17.8 Å². The smallest absolute Gasteiger partial charge is 0.186 e. The fraction of sp³-hybridized carbons (Fsp3) is 0.879. The first-order valence-corrected chi connectivity index (χ1v) is 15.8. The topological polar surface area (TPSA) is 109 Å². The molecule has 7 nitrogen and oxygen atoms in total. The van der Waals surface area contributed by atoms with Crippen LogP contribution in [0.1, 0.15) is 86.0 Å². The molecule has 0 spiro atoms. The van der Waals surface area contributed by atoms with Crippen molar-refractivity contribution in [2.24, 2.45) is 40.4 Å². The van der Waals surface area contributed by atoms with E-state index in [1.807, 2.05) is 0 Å². The lowest BCUT2D eigenvalue weighted by Crippen LogP contribution is -2.56. The summed E-state index contributed by atoms with van der Waals surface area (Å²) in [6.45, 7) is 11.4. The highest BCUT2D eigenvalue weighted by atomic mass is 16.7. The summed E-state index contributed by atoms with van der Waals surface area (Å²) in [6, 6.07) is 0. The maximum absolute atomic E-state index is 11.5. The van der Waals surface area contributed by atoms with Crippen LogP contribution < -0.4 is 0 Å².